The van der Waals surface area contributed by atoms with Gasteiger partial charge in [-0.15, -0.1) is 0 Å². The SMILES string of the molecule is Cc1c[nH]c(=S)n1CCC1CCCCO1. The van der Waals surface area contributed by atoms with Gasteiger partial charge in [0.2, 0.25) is 0 Å². The zero-order valence-corrected chi connectivity index (χ0v) is 9.98. The van der Waals surface area contributed by atoms with Crippen LogP contribution in [0.4, 0.5) is 0 Å². The van der Waals surface area contributed by atoms with Gasteiger partial charge in [-0.3, -0.25) is 0 Å². The summed E-state index contributed by atoms with van der Waals surface area (Å²) in [6.45, 7) is 3.98. The molecule has 0 amide bonds. The van der Waals surface area contributed by atoms with Gasteiger partial charge in [-0.2, -0.15) is 0 Å². The minimum absolute atomic E-state index is 0.440. The van der Waals surface area contributed by atoms with Crippen molar-refractivity contribution in [2.24, 2.45) is 0 Å². The monoisotopic (exact) mass is 226 g/mol. The van der Waals surface area contributed by atoms with Gasteiger partial charge in [-0.25, -0.2) is 0 Å². The second kappa shape index (κ2) is 4.94. The van der Waals surface area contributed by atoms with Crippen LogP contribution in [0.5, 0.6) is 0 Å². The van der Waals surface area contributed by atoms with Crippen molar-refractivity contribution in [3.05, 3.63) is 16.7 Å². The Morgan fingerprint density at radius 1 is 1.60 bits per heavy atom. The Kier molecular flexibility index (Phi) is 3.59. The Hall–Kier alpha value is -0.610. The van der Waals surface area contributed by atoms with Gasteiger partial charge in [-0.05, 0) is 44.8 Å². The second-order valence-corrected chi connectivity index (χ2v) is 4.55. The molecule has 0 radical (unpaired) electrons. The summed E-state index contributed by atoms with van der Waals surface area (Å²) in [4.78, 5) is 3.06. The van der Waals surface area contributed by atoms with Crippen LogP contribution in [-0.2, 0) is 11.3 Å². The quantitative estimate of drug-likeness (QED) is 0.803. The first-order valence-electron chi connectivity index (χ1n) is 5.64. The van der Waals surface area contributed by atoms with Crippen LogP contribution in [0.1, 0.15) is 31.4 Å². The molecular weight excluding hydrogens is 208 g/mol. The minimum atomic E-state index is 0.440. The molecule has 2 heterocycles. The summed E-state index contributed by atoms with van der Waals surface area (Å²) in [6.07, 6.45) is 7.21. The number of imidazole rings is 1. The molecule has 0 aromatic carbocycles. The highest BCUT2D eigenvalue weighted by Gasteiger charge is 2.13. The van der Waals surface area contributed by atoms with E-state index < -0.39 is 0 Å². The molecule has 1 saturated heterocycles. The zero-order chi connectivity index (χ0) is 10.7. The molecule has 1 fully saturated rings. The Morgan fingerprint density at radius 3 is 3.07 bits per heavy atom. The lowest BCUT2D eigenvalue weighted by Gasteiger charge is -2.22. The number of hydrogen-bond acceptors (Lipinski definition) is 2. The van der Waals surface area contributed by atoms with E-state index in [1.165, 1.54) is 25.0 Å². The van der Waals surface area contributed by atoms with Crippen molar-refractivity contribution in [3.63, 3.8) is 0 Å². The molecule has 0 saturated carbocycles. The van der Waals surface area contributed by atoms with Crippen molar-refractivity contribution in [1.29, 1.82) is 0 Å². The molecule has 0 aliphatic carbocycles. The first-order chi connectivity index (χ1) is 7.27. The Bertz CT molecular complexity index is 363. The summed E-state index contributed by atoms with van der Waals surface area (Å²) in [5.41, 5.74) is 1.20. The highest BCUT2D eigenvalue weighted by Crippen LogP contribution is 2.16. The molecule has 2 rings (SSSR count). The molecule has 1 aliphatic heterocycles. The highest BCUT2D eigenvalue weighted by molar-refractivity contribution is 7.71. The van der Waals surface area contributed by atoms with Crippen molar-refractivity contribution in [2.45, 2.75) is 45.3 Å². The average Bonchev–Trinajstić information content (AvgIpc) is 2.58. The van der Waals surface area contributed by atoms with Crippen LogP contribution in [0.2, 0.25) is 0 Å². The molecule has 84 valence electrons. The maximum atomic E-state index is 5.70. The van der Waals surface area contributed by atoms with Gasteiger partial charge < -0.3 is 14.3 Å². The van der Waals surface area contributed by atoms with E-state index in [0.29, 0.717) is 6.10 Å². The lowest BCUT2D eigenvalue weighted by molar-refractivity contribution is 0.00868. The van der Waals surface area contributed by atoms with Crippen LogP contribution in [0.25, 0.3) is 0 Å². The van der Waals surface area contributed by atoms with Crippen LogP contribution in [0.15, 0.2) is 6.20 Å². The van der Waals surface area contributed by atoms with Crippen LogP contribution in [-0.4, -0.2) is 22.3 Å². The number of aromatic nitrogens is 2. The summed E-state index contributed by atoms with van der Waals surface area (Å²) in [5, 5.41) is 0. The van der Waals surface area contributed by atoms with E-state index in [-0.39, 0.29) is 0 Å². The second-order valence-electron chi connectivity index (χ2n) is 4.16. The fraction of sp³-hybridized carbons (Fsp3) is 0.727. The predicted octanol–water partition coefficient (Wildman–Crippen LogP) is 2.81. The summed E-state index contributed by atoms with van der Waals surface area (Å²) in [5.74, 6) is 0. The lowest BCUT2D eigenvalue weighted by Crippen LogP contribution is -2.21. The Balaban J connectivity index is 1.89. The van der Waals surface area contributed by atoms with Crippen LogP contribution in [0.3, 0.4) is 0 Å². The molecule has 0 bridgehead atoms. The summed E-state index contributed by atoms with van der Waals surface area (Å²) < 4.78 is 8.67. The smallest absolute Gasteiger partial charge is 0.177 e. The molecule has 1 aromatic rings. The molecule has 4 heteroatoms. The molecule has 3 nitrogen and oxygen atoms in total. The molecule has 1 unspecified atom stereocenters. The summed E-state index contributed by atoms with van der Waals surface area (Å²) >= 11 is 5.21. The molecule has 1 aliphatic rings. The van der Waals surface area contributed by atoms with Gasteiger partial charge in [0.15, 0.2) is 4.77 Å². The van der Waals surface area contributed by atoms with E-state index in [1.54, 1.807) is 0 Å². The number of rotatable bonds is 3. The summed E-state index contributed by atoms with van der Waals surface area (Å²) in [6, 6.07) is 0. The number of nitrogens with zero attached hydrogens (tertiary/aromatic N) is 1. The lowest BCUT2D eigenvalue weighted by atomic mass is 10.1. The third kappa shape index (κ3) is 2.69. The van der Waals surface area contributed by atoms with Gasteiger partial charge in [-0.1, -0.05) is 0 Å². The van der Waals surface area contributed by atoms with E-state index in [2.05, 4.69) is 16.5 Å². The molecule has 1 N–H and O–H groups in total. The third-order valence-electron chi connectivity index (χ3n) is 3.02. The summed E-state index contributed by atoms with van der Waals surface area (Å²) in [7, 11) is 0. The van der Waals surface area contributed by atoms with Gasteiger partial charge >= 0.3 is 0 Å². The van der Waals surface area contributed by atoms with Gasteiger partial charge in [0, 0.05) is 25.0 Å². The first-order valence-corrected chi connectivity index (χ1v) is 6.04. The van der Waals surface area contributed by atoms with Crippen molar-refractivity contribution in [2.75, 3.05) is 6.61 Å². The fourth-order valence-electron chi connectivity index (χ4n) is 2.07. The van der Waals surface area contributed by atoms with Crippen molar-refractivity contribution >= 4 is 12.2 Å². The molecule has 1 atom stereocenters. The molecule has 15 heavy (non-hydrogen) atoms. The fourth-order valence-corrected chi connectivity index (χ4v) is 2.36. The van der Waals surface area contributed by atoms with Crippen LogP contribution < -0.4 is 0 Å². The number of ether oxygens (including phenoxy) is 1. The van der Waals surface area contributed by atoms with Crippen LogP contribution in [0, 0.1) is 11.7 Å². The topological polar surface area (TPSA) is 29.9 Å². The van der Waals surface area contributed by atoms with Crippen molar-refractivity contribution in [3.8, 4) is 0 Å². The van der Waals surface area contributed by atoms with Gasteiger partial charge in [0.25, 0.3) is 0 Å². The number of aromatic amines is 1. The van der Waals surface area contributed by atoms with E-state index in [0.717, 1.165) is 24.3 Å². The van der Waals surface area contributed by atoms with E-state index in [9.17, 15) is 0 Å². The standard InChI is InChI=1S/C11H18N2OS/c1-9-8-12-11(15)13(9)6-5-10-4-2-3-7-14-10/h8,10H,2-7H2,1H3,(H,12,15). The van der Waals surface area contributed by atoms with Gasteiger partial charge in [0.1, 0.15) is 0 Å². The Labute approximate surface area is 95.5 Å². The third-order valence-corrected chi connectivity index (χ3v) is 3.36. The van der Waals surface area contributed by atoms with Gasteiger partial charge in [0.05, 0.1) is 6.10 Å². The maximum absolute atomic E-state index is 5.70. The number of H-pyrrole nitrogens is 1. The number of nitrogens with one attached hydrogen (secondary N) is 1. The van der Waals surface area contributed by atoms with E-state index in [4.69, 9.17) is 17.0 Å². The Morgan fingerprint density at radius 2 is 2.47 bits per heavy atom. The van der Waals surface area contributed by atoms with Crippen LogP contribution >= 0.6 is 12.2 Å². The molecule has 0 spiro atoms. The first kappa shape index (κ1) is 10.9. The number of aryl methyl sites for hydroxylation is 1. The minimum Gasteiger partial charge on any atom is -0.378 e. The largest absolute Gasteiger partial charge is 0.378 e. The average molecular weight is 226 g/mol. The normalized spacial score (nSPS) is 21.8. The highest BCUT2D eigenvalue weighted by atomic mass is 32.1. The predicted molar refractivity (Wildman–Crippen MR) is 62.6 cm³/mol. The number of hydrogen-bond donors (Lipinski definition) is 1. The van der Waals surface area contributed by atoms with Crippen molar-refractivity contribution < 1.29 is 4.74 Å². The maximum Gasteiger partial charge on any atom is 0.177 e. The molecular formula is C11H18N2OS. The van der Waals surface area contributed by atoms with Crippen molar-refractivity contribution in [1.82, 2.24) is 9.55 Å². The van der Waals surface area contributed by atoms with E-state index in [1.807, 2.05) is 6.20 Å². The molecule has 1 aromatic heterocycles. The zero-order valence-electron chi connectivity index (χ0n) is 9.16. The van der Waals surface area contributed by atoms with E-state index >= 15 is 0 Å².